The highest BCUT2D eigenvalue weighted by molar-refractivity contribution is 6.03. The highest BCUT2D eigenvalue weighted by atomic mass is 19.3. The molecule has 0 saturated carbocycles. The molecule has 1 fully saturated rings. The number of nitrogens with zero attached hydrogens (tertiary/aromatic N) is 4. The molecule has 10 heteroatoms. The van der Waals surface area contributed by atoms with Crippen molar-refractivity contribution in [2.24, 2.45) is 0 Å². The fraction of sp³-hybridized carbons (Fsp3) is 0.435. The van der Waals surface area contributed by atoms with Gasteiger partial charge in [0.05, 0.1) is 5.69 Å². The molecule has 0 aromatic carbocycles. The number of nitrogens with one attached hydrogen (secondary N) is 1. The van der Waals surface area contributed by atoms with E-state index in [0.29, 0.717) is 49.4 Å². The largest absolute Gasteiger partial charge is 0.490 e. The van der Waals surface area contributed by atoms with Crippen molar-refractivity contribution in [3.63, 3.8) is 0 Å². The number of carbonyl (C=O) groups is 1. The first-order valence-electron chi connectivity index (χ1n) is 10.8. The SMILES string of the molecule is CN(C)CCOc1cc2nc(C3CCOCC3)cn2cc1NC(=O)c1cccc(C(F)F)n1. The Morgan fingerprint density at radius 2 is 2.06 bits per heavy atom. The molecule has 4 heterocycles. The van der Waals surface area contributed by atoms with E-state index in [1.165, 1.54) is 18.2 Å². The van der Waals surface area contributed by atoms with Gasteiger partial charge in [-0.25, -0.2) is 18.7 Å². The summed E-state index contributed by atoms with van der Waals surface area (Å²) in [5.41, 5.74) is 1.53. The number of alkyl halides is 2. The number of fused-ring (bicyclic) bond motifs is 1. The number of imidazole rings is 1. The number of hydrogen-bond acceptors (Lipinski definition) is 6. The first-order chi connectivity index (χ1) is 15.9. The lowest BCUT2D eigenvalue weighted by atomic mass is 9.97. The molecule has 1 aliphatic rings. The van der Waals surface area contributed by atoms with E-state index >= 15 is 0 Å². The molecule has 0 unspecified atom stereocenters. The van der Waals surface area contributed by atoms with Crippen LogP contribution in [0.2, 0.25) is 0 Å². The summed E-state index contributed by atoms with van der Waals surface area (Å²) in [6.07, 6.45) is 2.73. The van der Waals surface area contributed by atoms with E-state index < -0.39 is 18.0 Å². The van der Waals surface area contributed by atoms with E-state index in [0.717, 1.165) is 18.5 Å². The van der Waals surface area contributed by atoms with Crippen LogP contribution in [-0.2, 0) is 4.74 Å². The van der Waals surface area contributed by atoms with Crippen molar-refractivity contribution in [3.8, 4) is 5.75 Å². The number of carbonyl (C=O) groups excluding carboxylic acids is 1. The summed E-state index contributed by atoms with van der Waals surface area (Å²) < 4.78 is 39.2. The van der Waals surface area contributed by atoms with Gasteiger partial charge in [-0.15, -0.1) is 0 Å². The monoisotopic (exact) mass is 459 g/mol. The first kappa shape index (κ1) is 23.1. The van der Waals surface area contributed by atoms with Crippen LogP contribution >= 0.6 is 0 Å². The molecule has 0 radical (unpaired) electrons. The van der Waals surface area contributed by atoms with Gasteiger partial charge >= 0.3 is 0 Å². The number of rotatable bonds is 8. The lowest BCUT2D eigenvalue weighted by molar-refractivity contribution is 0.0846. The number of likely N-dealkylation sites (N-methyl/N-ethyl adjacent to an activating group) is 1. The highest BCUT2D eigenvalue weighted by Gasteiger charge is 2.21. The zero-order valence-electron chi connectivity index (χ0n) is 18.6. The number of halogens is 2. The molecule has 8 nitrogen and oxygen atoms in total. The number of pyridine rings is 2. The fourth-order valence-electron chi connectivity index (χ4n) is 3.66. The second-order valence-electron chi connectivity index (χ2n) is 8.22. The topological polar surface area (TPSA) is 81.0 Å². The van der Waals surface area contributed by atoms with Crippen LogP contribution in [0.4, 0.5) is 14.5 Å². The minimum Gasteiger partial charge on any atom is -0.490 e. The molecule has 1 N–H and O–H groups in total. The minimum atomic E-state index is -2.76. The molecular weight excluding hydrogens is 432 g/mol. The molecule has 33 heavy (non-hydrogen) atoms. The molecule has 176 valence electrons. The third-order valence-electron chi connectivity index (χ3n) is 5.48. The molecule has 3 aromatic heterocycles. The first-order valence-corrected chi connectivity index (χ1v) is 10.8. The van der Waals surface area contributed by atoms with Crippen LogP contribution in [0.15, 0.2) is 36.7 Å². The van der Waals surface area contributed by atoms with Crippen molar-refractivity contribution < 1.29 is 23.0 Å². The summed E-state index contributed by atoms with van der Waals surface area (Å²) >= 11 is 0. The van der Waals surface area contributed by atoms with E-state index in [1.807, 2.05) is 29.6 Å². The van der Waals surface area contributed by atoms with Gasteiger partial charge in [0.2, 0.25) is 0 Å². The lowest BCUT2D eigenvalue weighted by Gasteiger charge is -2.19. The van der Waals surface area contributed by atoms with Gasteiger partial charge in [0.15, 0.2) is 0 Å². The summed E-state index contributed by atoms with van der Waals surface area (Å²) in [5, 5.41) is 2.76. The normalized spacial score (nSPS) is 14.8. The van der Waals surface area contributed by atoms with Crippen molar-refractivity contribution in [1.29, 1.82) is 0 Å². The Morgan fingerprint density at radius 3 is 2.79 bits per heavy atom. The van der Waals surface area contributed by atoms with E-state index in [4.69, 9.17) is 14.5 Å². The molecule has 0 aliphatic carbocycles. The van der Waals surface area contributed by atoms with Crippen LogP contribution in [0.3, 0.4) is 0 Å². The predicted molar refractivity (Wildman–Crippen MR) is 119 cm³/mol. The number of hydrogen-bond donors (Lipinski definition) is 1. The van der Waals surface area contributed by atoms with Gasteiger partial charge in [-0.3, -0.25) is 4.79 Å². The average Bonchev–Trinajstić information content (AvgIpc) is 3.22. The maximum atomic E-state index is 13.0. The second-order valence-corrected chi connectivity index (χ2v) is 8.22. The van der Waals surface area contributed by atoms with Gasteiger partial charge in [-0.1, -0.05) is 6.07 Å². The third kappa shape index (κ3) is 5.63. The number of ether oxygens (including phenoxy) is 2. The second kappa shape index (κ2) is 10.2. The van der Waals surface area contributed by atoms with E-state index in [9.17, 15) is 13.6 Å². The number of aromatic nitrogens is 3. The number of anilines is 1. The summed E-state index contributed by atoms with van der Waals surface area (Å²) in [4.78, 5) is 23.3. The quantitative estimate of drug-likeness (QED) is 0.553. The number of amides is 1. The Morgan fingerprint density at radius 1 is 1.27 bits per heavy atom. The average molecular weight is 459 g/mol. The van der Waals surface area contributed by atoms with Crippen molar-refractivity contribution >= 4 is 17.2 Å². The highest BCUT2D eigenvalue weighted by Crippen LogP contribution is 2.31. The van der Waals surface area contributed by atoms with Gasteiger partial charge in [0.1, 0.15) is 35.1 Å². The third-order valence-corrected chi connectivity index (χ3v) is 5.48. The van der Waals surface area contributed by atoms with Crippen molar-refractivity contribution in [2.45, 2.75) is 25.2 Å². The van der Waals surface area contributed by atoms with Crippen molar-refractivity contribution in [1.82, 2.24) is 19.3 Å². The van der Waals surface area contributed by atoms with Crippen molar-refractivity contribution in [2.75, 3.05) is 45.8 Å². The molecule has 0 bridgehead atoms. The van der Waals surface area contributed by atoms with Gasteiger partial charge in [-0.05, 0) is 39.1 Å². The van der Waals surface area contributed by atoms with E-state index in [2.05, 4.69) is 10.3 Å². The van der Waals surface area contributed by atoms with Crippen LogP contribution in [0.25, 0.3) is 5.65 Å². The molecule has 1 amide bonds. The Hall–Kier alpha value is -3.11. The molecule has 0 atom stereocenters. The van der Waals surface area contributed by atoms with Crippen LogP contribution in [0, 0.1) is 0 Å². The molecule has 1 aliphatic heterocycles. The molecule has 4 rings (SSSR count). The Labute approximate surface area is 190 Å². The zero-order valence-corrected chi connectivity index (χ0v) is 18.6. The fourth-order valence-corrected chi connectivity index (χ4v) is 3.66. The van der Waals surface area contributed by atoms with Crippen LogP contribution in [0.5, 0.6) is 5.75 Å². The maximum Gasteiger partial charge on any atom is 0.280 e. The maximum absolute atomic E-state index is 13.0. The summed E-state index contributed by atoms with van der Waals surface area (Å²) in [6, 6.07) is 5.74. The predicted octanol–water partition coefficient (Wildman–Crippen LogP) is 3.75. The Balaban J connectivity index is 1.63. The Bertz CT molecular complexity index is 1110. The van der Waals surface area contributed by atoms with Crippen LogP contribution in [0.1, 0.15) is 47.1 Å². The van der Waals surface area contributed by atoms with Gasteiger partial charge < -0.3 is 24.1 Å². The molecule has 1 saturated heterocycles. The lowest BCUT2D eigenvalue weighted by Crippen LogP contribution is -2.20. The summed E-state index contributed by atoms with van der Waals surface area (Å²) in [5.74, 6) is 0.169. The molecule has 0 spiro atoms. The van der Waals surface area contributed by atoms with E-state index in [-0.39, 0.29) is 5.69 Å². The van der Waals surface area contributed by atoms with Gasteiger partial charge in [0.25, 0.3) is 12.3 Å². The van der Waals surface area contributed by atoms with Crippen molar-refractivity contribution in [3.05, 3.63) is 53.7 Å². The Kier molecular flexibility index (Phi) is 7.14. The summed E-state index contributed by atoms with van der Waals surface area (Å²) in [6.45, 7) is 2.50. The minimum absolute atomic E-state index is 0.0966. The molecular formula is C23H27F2N5O3. The smallest absolute Gasteiger partial charge is 0.280 e. The van der Waals surface area contributed by atoms with E-state index in [1.54, 1.807) is 12.3 Å². The zero-order chi connectivity index (χ0) is 23.4. The van der Waals surface area contributed by atoms with Crippen LogP contribution < -0.4 is 10.1 Å². The van der Waals surface area contributed by atoms with Gasteiger partial charge in [-0.2, -0.15) is 0 Å². The standard InChI is InChI=1S/C23H27F2N5O3/c1-29(2)8-11-33-20-12-21-27-18(15-6-9-32-10-7-15)13-30(21)14-19(20)28-23(31)17-5-3-4-16(26-17)22(24)25/h3-5,12-15,22H,6-11H2,1-2H3,(H,28,31). The van der Waals surface area contributed by atoms with Crippen LogP contribution in [-0.4, -0.2) is 65.6 Å². The van der Waals surface area contributed by atoms with Gasteiger partial charge in [0, 0.05) is 44.1 Å². The summed E-state index contributed by atoms with van der Waals surface area (Å²) in [7, 11) is 3.87. The molecule has 3 aromatic rings.